The van der Waals surface area contributed by atoms with Crippen molar-refractivity contribution in [3.05, 3.63) is 52.1 Å². The first kappa shape index (κ1) is 25.7. The number of carboxylic acid groups (broad SMARTS) is 2. The molecule has 6 nitrogen and oxygen atoms in total. The van der Waals surface area contributed by atoms with Gasteiger partial charge in [-0.15, -0.1) is 0 Å². The maximum Gasteiger partial charge on any atom is 1.00 e. The van der Waals surface area contributed by atoms with E-state index < -0.39 is 11.9 Å². The van der Waals surface area contributed by atoms with Gasteiger partial charge in [-0.3, -0.25) is 0 Å². The summed E-state index contributed by atoms with van der Waals surface area (Å²) in [5, 5.41) is 22.0. The molecule has 0 radical (unpaired) electrons. The topological polar surface area (TPSA) is 98.1 Å². The second kappa shape index (κ2) is 12.2. The number of imidazole rings is 1. The van der Waals surface area contributed by atoms with Gasteiger partial charge in [0.1, 0.15) is 5.82 Å². The van der Waals surface area contributed by atoms with Gasteiger partial charge >= 0.3 is 59.1 Å². The van der Waals surface area contributed by atoms with Crippen LogP contribution in [0.15, 0.2) is 24.3 Å². The third-order valence-electron chi connectivity index (χ3n) is 3.70. The van der Waals surface area contributed by atoms with Crippen molar-refractivity contribution in [1.29, 1.82) is 0 Å². The van der Waals surface area contributed by atoms with Gasteiger partial charge in [-0.05, 0) is 17.5 Å². The summed E-state index contributed by atoms with van der Waals surface area (Å²) in [6.45, 7) is 2.41. The molecule has 0 bridgehead atoms. The van der Waals surface area contributed by atoms with Gasteiger partial charge in [0.05, 0.1) is 11.7 Å². The molecule has 0 atom stereocenters. The number of carboxylic acids is 2. The molecule has 1 aromatic carbocycles. The van der Waals surface area contributed by atoms with Crippen LogP contribution in [0.4, 0.5) is 0 Å². The minimum Gasteiger partial charge on any atom is -0.550 e. The van der Waals surface area contributed by atoms with E-state index in [-0.39, 0.29) is 76.3 Å². The molecule has 0 aliphatic heterocycles. The number of carbonyl (C=O) groups is 2. The molecule has 0 unspecified atom stereocenters. The number of aliphatic carboxylic acids is 1. The molecular formula is C17H17ClN2Na2O4. The summed E-state index contributed by atoms with van der Waals surface area (Å²) < 4.78 is 1.77. The van der Waals surface area contributed by atoms with E-state index in [1.54, 1.807) is 16.7 Å². The predicted molar refractivity (Wildman–Crippen MR) is 84.4 cm³/mol. The maximum absolute atomic E-state index is 11.0. The monoisotopic (exact) mass is 394 g/mol. The Kier molecular flexibility index (Phi) is 12.0. The van der Waals surface area contributed by atoms with Crippen molar-refractivity contribution in [3.63, 3.8) is 0 Å². The molecule has 0 N–H and O–H groups in total. The number of aromatic carboxylic acids is 1. The second-order valence-corrected chi connectivity index (χ2v) is 5.85. The number of hydrogen-bond acceptors (Lipinski definition) is 5. The first-order valence-electron chi connectivity index (χ1n) is 7.66. The van der Waals surface area contributed by atoms with Gasteiger partial charge in [-0.25, -0.2) is 4.98 Å². The number of halogens is 1. The fourth-order valence-corrected chi connectivity index (χ4v) is 2.72. The van der Waals surface area contributed by atoms with Gasteiger partial charge in [0.25, 0.3) is 0 Å². The molecule has 2 rings (SSSR count). The molecule has 0 aliphatic rings. The zero-order valence-electron chi connectivity index (χ0n) is 15.3. The molecule has 0 fully saturated rings. The Bertz CT molecular complexity index is 748. The molecule has 26 heavy (non-hydrogen) atoms. The summed E-state index contributed by atoms with van der Waals surface area (Å²) >= 11 is 6.10. The Morgan fingerprint density at radius 2 is 1.77 bits per heavy atom. The molecular weight excluding hydrogens is 378 g/mol. The van der Waals surface area contributed by atoms with Crippen molar-refractivity contribution < 1.29 is 78.9 Å². The Morgan fingerprint density at radius 1 is 1.15 bits per heavy atom. The molecule has 0 saturated carbocycles. The number of unbranched alkanes of at least 4 members (excludes halogenated alkanes) is 1. The average Bonchev–Trinajstić information content (AvgIpc) is 2.81. The number of hydrogen-bond donors (Lipinski definition) is 0. The van der Waals surface area contributed by atoms with Crippen LogP contribution < -0.4 is 69.3 Å². The van der Waals surface area contributed by atoms with Crippen molar-refractivity contribution in [2.75, 3.05) is 0 Å². The van der Waals surface area contributed by atoms with Gasteiger partial charge in [-0.1, -0.05) is 49.2 Å². The van der Waals surface area contributed by atoms with E-state index in [4.69, 9.17) is 11.6 Å². The zero-order chi connectivity index (χ0) is 17.7. The van der Waals surface area contributed by atoms with Crippen molar-refractivity contribution in [3.8, 4) is 0 Å². The summed E-state index contributed by atoms with van der Waals surface area (Å²) in [7, 11) is 0. The fourth-order valence-electron chi connectivity index (χ4n) is 2.45. The number of benzene rings is 1. The number of carbonyl (C=O) groups excluding carboxylic acids is 2. The van der Waals surface area contributed by atoms with Crippen molar-refractivity contribution in [2.24, 2.45) is 0 Å². The van der Waals surface area contributed by atoms with E-state index in [0.29, 0.717) is 24.5 Å². The molecule has 0 spiro atoms. The van der Waals surface area contributed by atoms with Gasteiger partial charge in [0.15, 0.2) is 5.15 Å². The largest absolute Gasteiger partial charge is 1.00 e. The first-order chi connectivity index (χ1) is 11.4. The standard InChI is InChI=1S/C17H19ClN2O4.2Na/c1-2-3-4-14-19-16(18)13(9-15(21)22)20(14)10-11-5-7-12(8-6-11)17(23)24;;/h5-8H,2-4,9-10H2,1H3,(H,21,22)(H,23,24);;/q;2*+1/p-2. The van der Waals surface area contributed by atoms with E-state index in [1.807, 2.05) is 0 Å². The summed E-state index contributed by atoms with van der Waals surface area (Å²) in [5.74, 6) is -1.76. The van der Waals surface area contributed by atoms with Crippen LogP contribution in [0.2, 0.25) is 5.15 Å². The number of aryl methyl sites for hydroxylation is 1. The van der Waals surface area contributed by atoms with Crippen LogP contribution >= 0.6 is 11.6 Å². The van der Waals surface area contributed by atoms with Crippen LogP contribution in [0, 0.1) is 0 Å². The smallest absolute Gasteiger partial charge is 0.550 e. The average molecular weight is 395 g/mol. The van der Waals surface area contributed by atoms with E-state index in [9.17, 15) is 19.8 Å². The number of rotatable bonds is 8. The van der Waals surface area contributed by atoms with E-state index >= 15 is 0 Å². The third-order valence-corrected chi connectivity index (χ3v) is 4.00. The molecule has 2 aromatic rings. The van der Waals surface area contributed by atoms with Crippen LogP contribution in [0.5, 0.6) is 0 Å². The Labute approximate surface area is 201 Å². The summed E-state index contributed by atoms with van der Waals surface area (Å²) in [6, 6.07) is 6.22. The van der Waals surface area contributed by atoms with Crippen LogP contribution in [-0.4, -0.2) is 21.5 Å². The SMILES string of the molecule is CCCCc1nc(Cl)c(CC(=O)[O-])n1Cc1ccc(C(=O)[O-])cc1.[Na+].[Na+]. The Morgan fingerprint density at radius 3 is 2.27 bits per heavy atom. The van der Waals surface area contributed by atoms with E-state index in [2.05, 4.69) is 11.9 Å². The van der Waals surface area contributed by atoms with Gasteiger partial charge in [0.2, 0.25) is 0 Å². The van der Waals surface area contributed by atoms with E-state index in [0.717, 1.165) is 18.4 Å². The van der Waals surface area contributed by atoms with Crippen LogP contribution in [0.3, 0.4) is 0 Å². The molecule has 9 heteroatoms. The van der Waals surface area contributed by atoms with Crippen LogP contribution in [0.1, 0.15) is 47.2 Å². The minimum atomic E-state index is -1.24. The first-order valence-corrected chi connectivity index (χ1v) is 8.04. The molecule has 1 heterocycles. The van der Waals surface area contributed by atoms with Crippen LogP contribution in [0.25, 0.3) is 0 Å². The summed E-state index contributed by atoms with van der Waals surface area (Å²) in [6.07, 6.45) is 2.23. The molecule has 128 valence electrons. The van der Waals surface area contributed by atoms with Gasteiger partial charge in [0, 0.05) is 25.4 Å². The fraction of sp³-hybridized carbons (Fsp3) is 0.353. The van der Waals surface area contributed by atoms with E-state index in [1.165, 1.54) is 12.1 Å². The van der Waals surface area contributed by atoms with Gasteiger partial charge < -0.3 is 24.4 Å². The third kappa shape index (κ3) is 7.00. The van der Waals surface area contributed by atoms with Crippen molar-refractivity contribution >= 4 is 23.5 Å². The molecule has 0 aliphatic carbocycles. The molecule has 0 saturated heterocycles. The zero-order valence-corrected chi connectivity index (χ0v) is 20.0. The number of nitrogens with zero attached hydrogens (tertiary/aromatic N) is 2. The normalized spacial score (nSPS) is 9.92. The Balaban J connectivity index is 0.00000312. The molecule has 1 aromatic heterocycles. The van der Waals surface area contributed by atoms with Crippen molar-refractivity contribution in [1.82, 2.24) is 9.55 Å². The maximum atomic E-state index is 11.0. The van der Waals surface area contributed by atoms with Gasteiger partial charge in [-0.2, -0.15) is 0 Å². The predicted octanol–water partition coefficient (Wildman–Crippen LogP) is -5.41. The minimum absolute atomic E-state index is 0. The van der Waals surface area contributed by atoms with Crippen molar-refractivity contribution in [2.45, 2.75) is 39.2 Å². The molecule has 0 amide bonds. The number of aromatic nitrogens is 2. The van der Waals surface area contributed by atoms with Crippen LogP contribution in [-0.2, 0) is 24.2 Å². The summed E-state index contributed by atoms with van der Waals surface area (Å²) in [4.78, 5) is 26.1. The second-order valence-electron chi connectivity index (χ2n) is 5.49. The quantitative estimate of drug-likeness (QED) is 0.416. The summed E-state index contributed by atoms with van der Waals surface area (Å²) in [5.41, 5.74) is 1.29. The Hall–Kier alpha value is -0.340.